The Hall–Kier alpha value is -2.66. The van der Waals surface area contributed by atoms with E-state index in [9.17, 15) is 9.90 Å². The van der Waals surface area contributed by atoms with Crippen LogP contribution in [0.4, 0.5) is 0 Å². The maximum Gasteiger partial charge on any atom is 0.281 e. The van der Waals surface area contributed by atoms with E-state index in [1.54, 1.807) is 18.3 Å². The number of aryl methyl sites for hydroxylation is 1. The number of aromatic hydroxyl groups is 1. The quantitative estimate of drug-likeness (QED) is 0.504. The van der Waals surface area contributed by atoms with Crippen LogP contribution in [0.3, 0.4) is 0 Å². The molecule has 3 aromatic rings. The molecule has 0 saturated heterocycles. The number of nitrogens with zero attached hydrogens (tertiary/aromatic N) is 1. The number of benzene rings is 2. The Balaban J connectivity index is 1.54. The Bertz CT molecular complexity index is 1050. The Morgan fingerprint density at radius 3 is 2.93 bits per heavy atom. The second-order valence-electron chi connectivity index (χ2n) is 7.23. The van der Waals surface area contributed by atoms with Crippen LogP contribution in [0.1, 0.15) is 45.9 Å². The van der Waals surface area contributed by atoms with Gasteiger partial charge in [-0.3, -0.25) is 4.79 Å². The highest BCUT2D eigenvalue weighted by atomic mass is 32.1. The normalized spacial score (nSPS) is 17.0. The molecular weight excluding hydrogens is 356 g/mol. The van der Waals surface area contributed by atoms with Crippen molar-refractivity contribution in [3.05, 3.63) is 63.3 Å². The molecule has 0 radical (unpaired) electrons. The van der Waals surface area contributed by atoms with E-state index in [2.05, 4.69) is 17.5 Å². The summed E-state index contributed by atoms with van der Waals surface area (Å²) in [5.41, 5.74) is 5.13. The van der Waals surface area contributed by atoms with Gasteiger partial charge in [-0.1, -0.05) is 37.3 Å². The summed E-state index contributed by atoms with van der Waals surface area (Å²) in [7, 11) is 0. The van der Waals surface area contributed by atoms with Crippen molar-refractivity contribution in [3.63, 3.8) is 0 Å². The molecular formula is C22H22N2O2S. The van der Waals surface area contributed by atoms with Crippen molar-refractivity contribution in [1.29, 1.82) is 0 Å². The first kappa shape index (κ1) is 17.7. The van der Waals surface area contributed by atoms with Gasteiger partial charge in [-0.25, -0.2) is 5.43 Å². The van der Waals surface area contributed by atoms with Gasteiger partial charge < -0.3 is 5.11 Å². The van der Waals surface area contributed by atoms with Gasteiger partial charge in [0.1, 0.15) is 5.75 Å². The number of amides is 1. The van der Waals surface area contributed by atoms with Crippen LogP contribution in [0, 0.1) is 5.92 Å². The van der Waals surface area contributed by atoms with Crippen LogP contribution in [0.15, 0.2) is 47.6 Å². The number of thiophene rings is 1. The average molecular weight is 378 g/mol. The van der Waals surface area contributed by atoms with Crippen molar-refractivity contribution in [2.24, 2.45) is 11.0 Å². The summed E-state index contributed by atoms with van der Waals surface area (Å²) >= 11 is 1.57. The lowest BCUT2D eigenvalue weighted by molar-refractivity contribution is 0.0958. The third-order valence-electron chi connectivity index (χ3n) is 5.17. The van der Waals surface area contributed by atoms with Crippen LogP contribution in [-0.4, -0.2) is 16.7 Å². The average Bonchev–Trinajstić information content (AvgIpc) is 3.09. The number of hydrogen-bond acceptors (Lipinski definition) is 4. The zero-order chi connectivity index (χ0) is 19.0. The maximum atomic E-state index is 12.5. The summed E-state index contributed by atoms with van der Waals surface area (Å²) < 4.78 is 0. The largest absolute Gasteiger partial charge is 0.507 e. The Labute approximate surface area is 162 Å². The fourth-order valence-corrected chi connectivity index (χ4v) is 4.71. The number of fused-ring (bicyclic) bond motifs is 2. The molecule has 4 rings (SSSR count). The van der Waals surface area contributed by atoms with Crippen LogP contribution in [0.5, 0.6) is 5.75 Å². The van der Waals surface area contributed by atoms with E-state index in [1.165, 1.54) is 16.9 Å². The lowest BCUT2D eigenvalue weighted by Gasteiger charge is -2.16. The number of nitrogens with one attached hydrogen (secondary N) is 1. The van der Waals surface area contributed by atoms with E-state index >= 15 is 0 Å². The Morgan fingerprint density at radius 1 is 1.26 bits per heavy atom. The molecule has 0 aliphatic heterocycles. The van der Waals surface area contributed by atoms with Gasteiger partial charge >= 0.3 is 0 Å². The first-order valence-corrected chi connectivity index (χ1v) is 10.0. The van der Waals surface area contributed by atoms with Crippen molar-refractivity contribution in [1.82, 2.24) is 5.43 Å². The molecule has 4 nitrogen and oxygen atoms in total. The van der Waals surface area contributed by atoms with E-state index in [4.69, 9.17) is 0 Å². The molecule has 0 spiro atoms. The van der Waals surface area contributed by atoms with Gasteiger partial charge in [-0.05, 0) is 55.2 Å². The van der Waals surface area contributed by atoms with Gasteiger partial charge in [0.25, 0.3) is 5.91 Å². The highest BCUT2D eigenvalue weighted by Gasteiger charge is 2.20. The van der Waals surface area contributed by atoms with Gasteiger partial charge in [0.15, 0.2) is 0 Å². The third-order valence-corrected chi connectivity index (χ3v) is 6.40. The molecule has 1 aliphatic rings. The molecule has 2 aromatic carbocycles. The zero-order valence-electron chi connectivity index (χ0n) is 15.5. The second-order valence-corrected chi connectivity index (χ2v) is 8.36. The van der Waals surface area contributed by atoms with E-state index in [0.717, 1.165) is 23.6 Å². The van der Waals surface area contributed by atoms with Crippen LogP contribution in [0.2, 0.25) is 0 Å². The topological polar surface area (TPSA) is 61.7 Å². The lowest BCUT2D eigenvalue weighted by Crippen LogP contribution is -2.18. The summed E-state index contributed by atoms with van der Waals surface area (Å²) in [6.45, 7) is 4.04. The van der Waals surface area contributed by atoms with Gasteiger partial charge in [0, 0.05) is 15.8 Å². The summed E-state index contributed by atoms with van der Waals surface area (Å²) in [5.74, 6) is 0.671. The van der Waals surface area contributed by atoms with Crippen molar-refractivity contribution in [3.8, 4) is 5.75 Å². The van der Waals surface area contributed by atoms with E-state index in [1.807, 2.05) is 42.5 Å². The minimum Gasteiger partial charge on any atom is -0.507 e. The molecule has 1 aromatic heterocycles. The molecule has 0 bridgehead atoms. The minimum atomic E-state index is -0.193. The number of rotatable bonds is 3. The standard InChI is InChI=1S/C22H22N2O2S/c1-13-7-10-19-16(11-13)12-20(27-19)22(26)24-23-14(2)17-9-8-15-5-3-4-6-18(15)21(17)25/h3-6,8-9,12-13,25H,7,10-11H2,1-2H3,(H,24,26)/b23-14+/t13-/m1/s1. The van der Waals surface area contributed by atoms with Gasteiger partial charge in [-0.15, -0.1) is 11.3 Å². The predicted octanol–water partition coefficient (Wildman–Crippen LogP) is 4.89. The molecule has 1 atom stereocenters. The molecule has 0 fully saturated rings. The fraction of sp³-hybridized carbons (Fsp3) is 0.273. The third kappa shape index (κ3) is 3.47. The van der Waals surface area contributed by atoms with Crippen LogP contribution in [0.25, 0.3) is 10.8 Å². The number of phenolic OH excluding ortho intramolecular Hbond substituents is 1. The predicted molar refractivity (Wildman–Crippen MR) is 111 cm³/mol. The molecule has 138 valence electrons. The lowest BCUT2D eigenvalue weighted by atomic mass is 9.90. The number of carbonyl (C=O) groups is 1. The summed E-state index contributed by atoms with van der Waals surface area (Å²) in [6, 6.07) is 13.4. The minimum absolute atomic E-state index is 0.184. The van der Waals surface area contributed by atoms with Crippen molar-refractivity contribution in [2.45, 2.75) is 33.1 Å². The zero-order valence-corrected chi connectivity index (χ0v) is 16.3. The van der Waals surface area contributed by atoms with Crippen LogP contribution in [-0.2, 0) is 12.8 Å². The SMILES string of the molecule is C/C(=N\NC(=O)c1cc2c(s1)CC[C@@H](C)C2)c1ccc2ccccc2c1O. The second kappa shape index (κ2) is 7.16. The molecule has 27 heavy (non-hydrogen) atoms. The van der Waals surface area contributed by atoms with Crippen molar-refractivity contribution < 1.29 is 9.90 Å². The summed E-state index contributed by atoms with van der Waals surface area (Å²) in [6.07, 6.45) is 3.29. The number of carbonyl (C=O) groups excluding carboxylic acids is 1. The Kier molecular flexibility index (Phi) is 4.70. The monoisotopic (exact) mass is 378 g/mol. The first-order chi connectivity index (χ1) is 13.0. The number of hydrazone groups is 1. The molecule has 1 aliphatic carbocycles. The molecule has 2 N–H and O–H groups in total. The molecule has 5 heteroatoms. The summed E-state index contributed by atoms with van der Waals surface area (Å²) in [4.78, 5) is 14.5. The highest BCUT2D eigenvalue weighted by Crippen LogP contribution is 2.32. The fourth-order valence-electron chi connectivity index (χ4n) is 3.61. The molecule has 0 unspecified atom stereocenters. The Morgan fingerprint density at radius 2 is 2.07 bits per heavy atom. The molecule has 0 saturated carbocycles. The van der Waals surface area contributed by atoms with E-state index < -0.39 is 0 Å². The van der Waals surface area contributed by atoms with Crippen molar-refractivity contribution >= 4 is 33.7 Å². The smallest absolute Gasteiger partial charge is 0.281 e. The highest BCUT2D eigenvalue weighted by molar-refractivity contribution is 7.14. The number of phenols is 1. The van der Waals surface area contributed by atoms with Crippen LogP contribution < -0.4 is 5.43 Å². The van der Waals surface area contributed by atoms with Crippen LogP contribution >= 0.6 is 11.3 Å². The van der Waals surface area contributed by atoms with E-state index in [-0.39, 0.29) is 11.7 Å². The maximum absolute atomic E-state index is 12.5. The van der Waals surface area contributed by atoms with Crippen molar-refractivity contribution in [2.75, 3.05) is 0 Å². The molecule has 1 heterocycles. The number of hydrogen-bond donors (Lipinski definition) is 2. The van der Waals surface area contributed by atoms with Gasteiger partial charge in [-0.2, -0.15) is 5.10 Å². The van der Waals surface area contributed by atoms with E-state index in [0.29, 0.717) is 22.1 Å². The van der Waals surface area contributed by atoms with Gasteiger partial charge in [0.05, 0.1) is 10.6 Å². The summed E-state index contributed by atoms with van der Waals surface area (Å²) in [5, 5.41) is 16.5. The molecule has 1 amide bonds. The van der Waals surface area contributed by atoms with Gasteiger partial charge in [0.2, 0.25) is 0 Å². The first-order valence-electron chi connectivity index (χ1n) is 9.20.